The molecule has 1 aromatic rings. The number of carbonyl (C=O) groups excluding carboxylic acids is 1. The molecule has 0 spiro atoms. The van der Waals surface area contributed by atoms with Crippen LogP contribution < -0.4 is 0 Å². The van der Waals surface area contributed by atoms with Crippen LogP contribution in [0.3, 0.4) is 0 Å². The van der Waals surface area contributed by atoms with E-state index in [-0.39, 0.29) is 11.9 Å². The van der Waals surface area contributed by atoms with Gasteiger partial charge in [-0.2, -0.15) is 13.2 Å². The standard InChI is InChI=1S/C18H25F3N2O/c1-13-7-9-23(10-8-13)17(24)14(2)22(3)12-15-5-4-6-16(11-15)18(19,20)21/h4-6,11,13-14H,7-10,12H2,1-3H3. The van der Waals surface area contributed by atoms with Crippen LogP contribution in [-0.2, 0) is 17.5 Å². The first-order valence-corrected chi connectivity index (χ1v) is 8.33. The van der Waals surface area contributed by atoms with Crippen molar-refractivity contribution in [1.29, 1.82) is 0 Å². The molecule has 1 aliphatic heterocycles. The lowest BCUT2D eigenvalue weighted by Crippen LogP contribution is -2.48. The lowest BCUT2D eigenvalue weighted by Gasteiger charge is -2.34. The predicted molar refractivity (Wildman–Crippen MR) is 87.4 cm³/mol. The van der Waals surface area contributed by atoms with Crippen LogP contribution in [0.25, 0.3) is 0 Å². The second kappa shape index (κ2) is 7.55. The van der Waals surface area contributed by atoms with Gasteiger partial charge in [0.2, 0.25) is 5.91 Å². The average Bonchev–Trinajstić information content (AvgIpc) is 2.53. The van der Waals surface area contributed by atoms with Crippen molar-refractivity contribution in [1.82, 2.24) is 9.80 Å². The Morgan fingerprint density at radius 3 is 2.54 bits per heavy atom. The van der Waals surface area contributed by atoms with Crippen molar-refractivity contribution in [3.05, 3.63) is 35.4 Å². The Hall–Kier alpha value is -1.56. The Kier molecular flexibility index (Phi) is 5.91. The van der Waals surface area contributed by atoms with E-state index in [9.17, 15) is 18.0 Å². The average molecular weight is 342 g/mol. The van der Waals surface area contributed by atoms with Gasteiger partial charge in [0.15, 0.2) is 0 Å². The van der Waals surface area contributed by atoms with Gasteiger partial charge in [0.05, 0.1) is 11.6 Å². The first-order valence-electron chi connectivity index (χ1n) is 8.33. The van der Waals surface area contributed by atoms with Crippen LogP contribution in [0, 0.1) is 5.92 Å². The Labute approximate surface area is 141 Å². The van der Waals surface area contributed by atoms with Crippen molar-refractivity contribution in [2.24, 2.45) is 5.92 Å². The lowest BCUT2D eigenvalue weighted by atomic mass is 9.98. The fourth-order valence-corrected chi connectivity index (χ4v) is 2.95. The first kappa shape index (κ1) is 18.8. The highest BCUT2D eigenvalue weighted by Gasteiger charge is 2.31. The van der Waals surface area contributed by atoms with Gasteiger partial charge in [-0.25, -0.2) is 0 Å². The van der Waals surface area contributed by atoms with E-state index in [2.05, 4.69) is 6.92 Å². The van der Waals surface area contributed by atoms with Gasteiger partial charge < -0.3 is 4.90 Å². The zero-order valence-electron chi connectivity index (χ0n) is 14.4. The quantitative estimate of drug-likeness (QED) is 0.831. The summed E-state index contributed by atoms with van der Waals surface area (Å²) in [5.41, 5.74) is -0.100. The van der Waals surface area contributed by atoms with Crippen LogP contribution in [0.2, 0.25) is 0 Å². The van der Waals surface area contributed by atoms with Crippen LogP contribution in [0.5, 0.6) is 0 Å². The Morgan fingerprint density at radius 2 is 1.96 bits per heavy atom. The van der Waals surface area contributed by atoms with E-state index in [0.29, 0.717) is 18.0 Å². The minimum absolute atomic E-state index is 0.0522. The summed E-state index contributed by atoms with van der Waals surface area (Å²) in [7, 11) is 1.77. The molecule has 1 unspecified atom stereocenters. The van der Waals surface area contributed by atoms with Gasteiger partial charge in [-0.3, -0.25) is 9.69 Å². The molecule has 6 heteroatoms. The van der Waals surface area contributed by atoms with Crippen molar-refractivity contribution in [2.45, 2.75) is 45.5 Å². The molecule has 2 rings (SSSR count). The molecule has 1 fully saturated rings. The third kappa shape index (κ3) is 4.72. The smallest absolute Gasteiger partial charge is 0.341 e. The third-order valence-electron chi connectivity index (χ3n) is 4.80. The summed E-state index contributed by atoms with van der Waals surface area (Å²) >= 11 is 0. The first-order chi connectivity index (χ1) is 11.2. The highest BCUT2D eigenvalue weighted by atomic mass is 19.4. The van der Waals surface area contributed by atoms with E-state index < -0.39 is 11.7 Å². The fraction of sp³-hybridized carbons (Fsp3) is 0.611. The van der Waals surface area contributed by atoms with Gasteiger partial charge in [0.1, 0.15) is 0 Å². The highest BCUT2D eigenvalue weighted by Crippen LogP contribution is 2.29. The van der Waals surface area contributed by atoms with Crippen LogP contribution in [-0.4, -0.2) is 41.9 Å². The normalized spacial score (nSPS) is 18.0. The largest absolute Gasteiger partial charge is 0.416 e. The summed E-state index contributed by atoms with van der Waals surface area (Å²) in [5, 5.41) is 0. The molecule has 1 heterocycles. The molecule has 3 nitrogen and oxygen atoms in total. The van der Waals surface area contributed by atoms with Crippen molar-refractivity contribution in [3.63, 3.8) is 0 Å². The summed E-state index contributed by atoms with van der Waals surface area (Å²) < 4.78 is 38.4. The lowest BCUT2D eigenvalue weighted by molar-refractivity contribution is -0.138. The van der Waals surface area contributed by atoms with Crippen molar-refractivity contribution in [2.75, 3.05) is 20.1 Å². The van der Waals surface area contributed by atoms with Gasteiger partial charge in [0, 0.05) is 19.6 Å². The molecule has 1 aliphatic rings. The van der Waals surface area contributed by atoms with E-state index in [1.165, 1.54) is 6.07 Å². The minimum atomic E-state index is -4.35. The van der Waals surface area contributed by atoms with Gasteiger partial charge in [0.25, 0.3) is 0 Å². The van der Waals surface area contributed by atoms with Crippen LogP contribution in [0.15, 0.2) is 24.3 Å². The number of amides is 1. The Balaban J connectivity index is 1.98. The van der Waals surface area contributed by atoms with Gasteiger partial charge >= 0.3 is 6.18 Å². The number of hydrogen-bond acceptors (Lipinski definition) is 2. The van der Waals surface area contributed by atoms with Crippen molar-refractivity contribution >= 4 is 5.91 Å². The molecule has 0 radical (unpaired) electrons. The number of rotatable bonds is 4. The van der Waals surface area contributed by atoms with Crippen LogP contribution >= 0.6 is 0 Å². The summed E-state index contributed by atoms with van der Waals surface area (Å²) in [6, 6.07) is 4.92. The Morgan fingerprint density at radius 1 is 1.33 bits per heavy atom. The number of hydrogen-bond donors (Lipinski definition) is 0. The van der Waals surface area contributed by atoms with Gasteiger partial charge in [-0.05, 0) is 44.4 Å². The summed E-state index contributed by atoms with van der Waals surface area (Å²) in [6.45, 7) is 5.84. The zero-order chi connectivity index (χ0) is 17.9. The maximum Gasteiger partial charge on any atom is 0.416 e. The SMILES string of the molecule is CC1CCN(C(=O)C(C)N(C)Cc2cccc(C(F)(F)F)c2)CC1. The molecule has 1 atom stereocenters. The Bertz CT molecular complexity index is 566. The highest BCUT2D eigenvalue weighted by molar-refractivity contribution is 5.81. The van der Waals surface area contributed by atoms with Gasteiger partial charge in [-0.1, -0.05) is 25.1 Å². The molecule has 134 valence electrons. The maximum atomic E-state index is 12.8. The van der Waals surface area contributed by atoms with Crippen molar-refractivity contribution < 1.29 is 18.0 Å². The topological polar surface area (TPSA) is 23.6 Å². The van der Waals surface area contributed by atoms with Crippen LogP contribution in [0.4, 0.5) is 13.2 Å². The molecule has 0 N–H and O–H groups in total. The zero-order valence-corrected chi connectivity index (χ0v) is 14.4. The second-order valence-corrected chi connectivity index (χ2v) is 6.80. The molecule has 1 amide bonds. The number of benzene rings is 1. The summed E-state index contributed by atoms with van der Waals surface area (Å²) in [4.78, 5) is 16.2. The minimum Gasteiger partial charge on any atom is -0.341 e. The number of alkyl halides is 3. The molecule has 24 heavy (non-hydrogen) atoms. The number of carbonyl (C=O) groups is 1. The van der Waals surface area contributed by atoms with E-state index in [4.69, 9.17) is 0 Å². The van der Waals surface area contributed by atoms with Gasteiger partial charge in [-0.15, -0.1) is 0 Å². The molecule has 0 aliphatic carbocycles. The number of likely N-dealkylation sites (N-methyl/N-ethyl adjacent to an activating group) is 1. The van der Waals surface area contributed by atoms with E-state index >= 15 is 0 Å². The molecule has 1 saturated heterocycles. The van der Waals surface area contributed by atoms with Crippen molar-refractivity contribution in [3.8, 4) is 0 Å². The van der Waals surface area contributed by atoms with E-state index in [1.807, 2.05) is 11.8 Å². The number of piperidine rings is 1. The number of halogens is 3. The fourth-order valence-electron chi connectivity index (χ4n) is 2.95. The summed E-state index contributed by atoms with van der Waals surface area (Å²) in [5.74, 6) is 0.698. The maximum absolute atomic E-state index is 12.8. The third-order valence-corrected chi connectivity index (χ3v) is 4.80. The molecular formula is C18H25F3N2O. The molecule has 1 aromatic carbocycles. The van der Waals surface area contributed by atoms with Crippen LogP contribution in [0.1, 0.15) is 37.8 Å². The van der Waals surface area contributed by atoms with E-state index in [1.54, 1.807) is 18.0 Å². The predicted octanol–water partition coefficient (Wildman–Crippen LogP) is 3.78. The second-order valence-electron chi connectivity index (χ2n) is 6.80. The molecule has 0 bridgehead atoms. The molecular weight excluding hydrogens is 317 g/mol. The molecule has 0 aromatic heterocycles. The monoisotopic (exact) mass is 342 g/mol. The molecule has 0 saturated carbocycles. The summed E-state index contributed by atoms with van der Waals surface area (Å²) in [6.07, 6.45) is -2.33. The number of likely N-dealkylation sites (tertiary alicyclic amines) is 1. The number of nitrogens with zero attached hydrogens (tertiary/aromatic N) is 2. The van der Waals surface area contributed by atoms with E-state index in [0.717, 1.165) is 38.1 Å².